The van der Waals surface area contributed by atoms with E-state index in [9.17, 15) is 0 Å². The fraction of sp³-hybridized carbons (Fsp3) is 0.125. The lowest BCUT2D eigenvalue weighted by Gasteiger charge is -2.01. The van der Waals surface area contributed by atoms with E-state index in [1.54, 1.807) is 7.11 Å². The van der Waals surface area contributed by atoms with Crippen molar-refractivity contribution in [2.24, 2.45) is 0 Å². The van der Waals surface area contributed by atoms with Gasteiger partial charge in [-0.25, -0.2) is 0 Å². The van der Waals surface area contributed by atoms with E-state index in [-0.39, 0.29) is 0 Å². The van der Waals surface area contributed by atoms with E-state index in [2.05, 4.69) is 15.5 Å². The highest BCUT2D eigenvalue weighted by Crippen LogP contribution is 2.26. The molecule has 0 aliphatic heterocycles. The van der Waals surface area contributed by atoms with Crippen molar-refractivity contribution in [2.75, 3.05) is 19.5 Å². The van der Waals surface area contributed by atoms with Crippen LogP contribution in [0, 0.1) is 0 Å². The summed E-state index contributed by atoms with van der Waals surface area (Å²) in [6.45, 7) is 0. The molecule has 21 heavy (non-hydrogen) atoms. The first kappa shape index (κ1) is 13.2. The summed E-state index contributed by atoms with van der Waals surface area (Å²) >= 11 is 0. The number of nitrogens with zero attached hydrogens (tertiary/aromatic N) is 2. The molecule has 0 atom stereocenters. The summed E-state index contributed by atoms with van der Waals surface area (Å²) in [5.74, 6) is 1.72. The van der Waals surface area contributed by atoms with Gasteiger partial charge in [-0.15, -0.1) is 10.2 Å². The first-order chi connectivity index (χ1) is 10.3. The molecule has 1 aromatic heterocycles. The Kier molecular flexibility index (Phi) is 3.55. The average molecular weight is 281 g/mol. The maximum atomic E-state index is 5.73. The molecule has 2 aromatic carbocycles. The van der Waals surface area contributed by atoms with Gasteiger partial charge in [0.1, 0.15) is 5.75 Å². The first-order valence-electron chi connectivity index (χ1n) is 6.56. The maximum absolute atomic E-state index is 5.73. The summed E-state index contributed by atoms with van der Waals surface area (Å²) in [4.78, 5) is 0. The van der Waals surface area contributed by atoms with Gasteiger partial charge in [0.15, 0.2) is 0 Å². The van der Waals surface area contributed by atoms with E-state index in [4.69, 9.17) is 9.15 Å². The topological polar surface area (TPSA) is 60.2 Å². The number of hydrogen-bond acceptors (Lipinski definition) is 5. The van der Waals surface area contributed by atoms with Crippen molar-refractivity contribution in [3.05, 3.63) is 48.5 Å². The van der Waals surface area contributed by atoms with E-state index in [1.807, 2.05) is 55.6 Å². The van der Waals surface area contributed by atoms with E-state index < -0.39 is 0 Å². The second kappa shape index (κ2) is 5.66. The molecule has 3 aromatic rings. The number of rotatable bonds is 4. The Labute approximate surface area is 122 Å². The molecule has 0 saturated carbocycles. The normalized spacial score (nSPS) is 10.4. The molecule has 0 fully saturated rings. The minimum Gasteiger partial charge on any atom is -0.497 e. The van der Waals surface area contributed by atoms with Crippen LogP contribution >= 0.6 is 0 Å². The third-order valence-electron chi connectivity index (χ3n) is 3.16. The van der Waals surface area contributed by atoms with Gasteiger partial charge in [-0.05, 0) is 42.5 Å². The smallest absolute Gasteiger partial charge is 0.248 e. The standard InChI is InChI=1S/C16H15N3O2/c1-17-13-8-6-11(7-9-13)15-18-19-16(21-15)12-4-3-5-14(10-12)20-2/h3-10,17H,1-2H3. The molecule has 1 heterocycles. The number of hydrogen-bond donors (Lipinski definition) is 1. The molecule has 5 nitrogen and oxygen atoms in total. The SMILES string of the molecule is CNc1ccc(-c2nnc(-c3cccc(OC)c3)o2)cc1. The fourth-order valence-electron chi connectivity index (χ4n) is 1.99. The van der Waals surface area contributed by atoms with Gasteiger partial charge in [0.2, 0.25) is 11.8 Å². The Balaban J connectivity index is 1.91. The largest absolute Gasteiger partial charge is 0.497 e. The van der Waals surface area contributed by atoms with Crippen molar-refractivity contribution < 1.29 is 9.15 Å². The number of aromatic nitrogens is 2. The van der Waals surface area contributed by atoms with Gasteiger partial charge in [0.05, 0.1) is 7.11 Å². The zero-order valence-electron chi connectivity index (χ0n) is 11.8. The van der Waals surface area contributed by atoms with E-state index >= 15 is 0 Å². The Morgan fingerprint density at radius 2 is 1.67 bits per heavy atom. The number of ether oxygens (including phenoxy) is 1. The highest BCUT2D eigenvalue weighted by molar-refractivity contribution is 5.61. The minimum absolute atomic E-state index is 0.474. The Bertz CT molecular complexity index is 735. The summed E-state index contributed by atoms with van der Waals surface area (Å²) in [6, 6.07) is 15.3. The van der Waals surface area contributed by atoms with Crippen LogP contribution in [-0.2, 0) is 0 Å². The van der Waals surface area contributed by atoms with E-state index in [0.717, 1.165) is 22.6 Å². The molecular formula is C16H15N3O2. The fourth-order valence-corrected chi connectivity index (χ4v) is 1.99. The van der Waals surface area contributed by atoms with Crippen LogP contribution in [0.3, 0.4) is 0 Å². The Hall–Kier alpha value is -2.82. The molecule has 1 N–H and O–H groups in total. The zero-order valence-corrected chi connectivity index (χ0v) is 11.8. The highest BCUT2D eigenvalue weighted by atomic mass is 16.5. The lowest BCUT2D eigenvalue weighted by atomic mass is 10.2. The van der Waals surface area contributed by atoms with Crippen LogP contribution < -0.4 is 10.1 Å². The Morgan fingerprint density at radius 1 is 0.952 bits per heavy atom. The van der Waals surface area contributed by atoms with E-state index in [1.165, 1.54) is 0 Å². The molecular weight excluding hydrogens is 266 g/mol. The average Bonchev–Trinajstić information content (AvgIpc) is 3.05. The summed E-state index contributed by atoms with van der Waals surface area (Å²) in [5.41, 5.74) is 2.75. The Morgan fingerprint density at radius 3 is 2.33 bits per heavy atom. The predicted molar refractivity (Wildman–Crippen MR) is 81.3 cm³/mol. The van der Waals surface area contributed by atoms with Crippen molar-refractivity contribution in [1.82, 2.24) is 10.2 Å². The predicted octanol–water partition coefficient (Wildman–Crippen LogP) is 3.45. The summed E-state index contributed by atoms with van der Waals surface area (Å²) in [7, 11) is 3.50. The molecule has 106 valence electrons. The molecule has 0 aliphatic carbocycles. The molecule has 0 aliphatic rings. The van der Waals surface area contributed by atoms with Crippen LogP contribution in [0.1, 0.15) is 0 Å². The van der Waals surface area contributed by atoms with Crippen molar-refractivity contribution in [3.63, 3.8) is 0 Å². The van der Waals surface area contributed by atoms with Crippen molar-refractivity contribution in [3.8, 4) is 28.7 Å². The van der Waals surface area contributed by atoms with Crippen LogP contribution in [0.25, 0.3) is 22.9 Å². The molecule has 0 amide bonds. The van der Waals surface area contributed by atoms with Gasteiger partial charge in [-0.3, -0.25) is 0 Å². The number of benzene rings is 2. The monoisotopic (exact) mass is 281 g/mol. The summed E-state index contributed by atoms with van der Waals surface area (Å²) < 4.78 is 10.9. The third kappa shape index (κ3) is 2.72. The highest BCUT2D eigenvalue weighted by Gasteiger charge is 2.11. The molecule has 0 bridgehead atoms. The van der Waals surface area contributed by atoms with E-state index in [0.29, 0.717) is 11.8 Å². The molecule has 3 rings (SSSR count). The number of anilines is 1. The lowest BCUT2D eigenvalue weighted by Crippen LogP contribution is -1.86. The van der Waals surface area contributed by atoms with Crippen LogP contribution in [0.15, 0.2) is 52.9 Å². The quantitative estimate of drug-likeness (QED) is 0.793. The van der Waals surface area contributed by atoms with Crippen molar-refractivity contribution in [2.45, 2.75) is 0 Å². The number of methoxy groups -OCH3 is 1. The number of nitrogens with one attached hydrogen (secondary N) is 1. The molecule has 5 heteroatoms. The summed E-state index contributed by atoms with van der Waals surface area (Å²) in [6.07, 6.45) is 0. The van der Waals surface area contributed by atoms with Crippen LogP contribution in [-0.4, -0.2) is 24.4 Å². The molecule has 0 saturated heterocycles. The summed E-state index contributed by atoms with van der Waals surface area (Å²) in [5, 5.41) is 11.3. The van der Waals surface area contributed by atoms with Gasteiger partial charge in [-0.1, -0.05) is 6.07 Å². The lowest BCUT2D eigenvalue weighted by molar-refractivity contribution is 0.415. The van der Waals surface area contributed by atoms with Gasteiger partial charge in [0.25, 0.3) is 0 Å². The molecule has 0 unspecified atom stereocenters. The molecule has 0 spiro atoms. The van der Waals surface area contributed by atoms with Crippen molar-refractivity contribution in [1.29, 1.82) is 0 Å². The van der Waals surface area contributed by atoms with Crippen LogP contribution in [0.2, 0.25) is 0 Å². The van der Waals surface area contributed by atoms with Gasteiger partial charge < -0.3 is 14.5 Å². The second-order valence-electron chi connectivity index (χ2n) is 4.47. The van der Waals surface area contributed by atoms with Gasteiger partial charge >= 0.3 is 0 Å². The maximum Gasteiger partial charge on any atom is 0.248 e. The first-order valence-corrected chi connectivity index (χ1v) is 6.56. The van der Waals surface area contributed by atoms with Crippen LogP contribution in [0.5, 0.6) is 5.75 Å². The van der Waals surface area contributed by atoms with Gasteiger partial charge in [0, 0.05) is 23.9 Å². The second-order valence-corrected chi connectivity index (χ2v) is 4.47. The van der Waals surface area contributed by atoms with Gasteiger partial charge in [-0.2, -0.15) is 0 Å². The zero-order chi connectivity index (χ0) is 14.7. The third-order valence-corrected chi connectivity index (χ3v) is 3.16. The van der Waals surface area contributed by atoms with Crippen LogP contribution in [0.4, 0.5) is 5.69 Å². The minimum atomic E-state index is 0.474. The molecule has 0 radical (unpaired) electrons. The van der Waals surface area contributed by atoms with Crippen molar-refractivity contribution >= 4 is 5.69 Å².